The van der Waals surface area contributed by atoms with E-state index in [-0.39, 0.29) is 12.3 Å². The highest BCUT2D eigenvalue weighted by Gasteiger charge is 2.30. The maximum Gasteiger partial charge on any atom is 0.416 e. The van der Waals surface area contributed by atoms with Crippen molar-refractivity contribution in [2.24, 2.45) is 0 Å². The Hall–Kier alpha value is -4.10. The highest BCUT2D eigenvalue weighted by atomic mass is 35.5. The number of carbonyl (C=O) groups is 1. The largest absolute Gasteiger partial charge is 0.416 e. The molecular weight excluding hydrogens is 511 g/mol. The van der Waals surface area contributed by atoms with E-state index in [0.29, 0.717) is 40.5 Å². The van der Waals surface area contributed by atoms with Crippen molar-refractivity contribution in [1.29, 1.82) is 0 Å². The molecule has 4 nitrogen and oxygen atoms in total. The standard InChI is InChI=1S/C30H23ClF3N3O/c31-25-12-9-21(10-13-25)29-26(14-16-28(38)35-18-20-5-2-1-3-6-20)37-19-23(11-15-27(37)36-29)22-7-4-8-24(17-22)30(32,33)34/h1-13,15,17,19H,14,16,18H2,(H,35,38). The van der Waals surface area contributed by atoms with E-state index in [4.69, 9.17) is 16.6 Å². The van der Waals surface area contributed by atoms with Gasteiger partial charge in [0.1, 0.15) is 5.65 Å². The number of imidazole rings is 1. The van der Waals surface area contributed by atoms with Gasteiger partial charge in [-0.3, -0.25) is 4.79 Å². The van der Waals surface area contributed by atoms with Gasteiger partial charge in [-0.25, -0.2) is 4.98 Å². The fourth-order valence-corrected chi connectivity index (χ4v) is 4.46. The molecule has 0 aliphatic rings. The molecule has 8 heteroatoms. The molecule has 0 radical (unpaired) electrons. The lowest BCUT2D eigenvalue weighted by atomic mass is 10.0. The smallest absolute Gasteiger partial charge is 0.352 e. The second kappa shape index (κ2) is 10.7. The van der Waals surface area contributed by atoms with Crippen LogP contribution in [0.2, 0.25) is 5.02 Å². The van der Waals surface area contributed by atoms with Crippen molar-refractivity contribution in [3.63, 3.8) is 0 Å². The predicted molar refractivity (Wildman–Crippen MR) is 143 cm³/mol. The van der Waals surface area contributed by atoms with E-state index >= 15 is 0 Å². The normalized spacial score (nSPS) is 11.6. The molecule has 3 aromatic carbocycles. The fourth-order valence-electron chi connectivity index (χ4n) is 4.33. The van der Waals surface area contributed by atoms with Crippen LogP contribution in [0.4, 0.5) is 13.2 Å². The molecule has 0 fully saturated rings. The quantitative estimate of drug-likeness (QED) is 0.234. The zero-order chi connectivity index (χ0) is 26.7. The van der Waals surface area contributed by atoms with Gasteiger partial charge in [0.05, 0.1) is 17.0 Å². The molecule has 1 N–H and O–H groups in total. The molecule has 1 amide bonds. The summed E-state index contributed by atoms with van der Waals surface area (Å²) in [6.07, 6.45) is -2.07. The second-order valence-corrected chi connectivity index (χ2v) is 9.34. The zero-order valence-electron chi connectivity index (χ0n) is 20.2. The first-order chi connectivity index (χ1) is 18.3. The van der Waals surface area contributed by atoms with Gasteiger partial charge >= 0.3 is 6.18 Å². The zero-order valence-corrected chi connectivity index (χ0v) is 20.9. The van der Waals surface area contributed by atoms with Crippen LogP contribution in [-0.4, -0.2) is 15.3 Å². The van der Waals surface area contributed by atoms with Gasteiger partial charge in [0.25, 0.3) is 0 Å². The number of hydrogen-bond acceptors (Lipinski definition) is 2. The summed E-state index contributed by atoms with van der Waals surface area (Å²) >= 11 is 6.08. The average molecular weight is 534 g/mol. The van der Waals surface area contributed by atoms with Gasteiger partial charge in [-0.2, -0.15) is 13.2 Å². The lowest BCUT2D eigenvalue weighted by molar-refractivity contribution is -0.137. The summed E-state index contributed by atoms with van der Waals surface area (Å²) in [5, 5.41) is 3.53. The minimum absolute atomic E-state index is 0.111. The molecule has 0 aliphatic heterocycles. The SMILES string of the molecule is O=C(CCc1c(-c2ccc(Cl)cc2)nc2ccc(-c3cccc(C(F)(F)F)c3)cn12)NCc1ccccc1. The van der Waals surface area contributed by atoms with Gasteiger partial charge in [-0.15, -0.1) is 0 Å². The Morgan fingerprint density at radius 3 is 2.34 bits per heavy atom. The molecule has 2 aromatic heterocycles. The number of carbonyl (C=O) groups excluding carboxylic acids is 1. The Bertz CT molecular complexity index is 1580. The summed E-state index contributed by atoms with van der Waals surface area (Å²) < 4.78 is 41.8. The van der Waals surface area contributed by atoms with Crippen LogP contribution in [0.3, 0.4) is 0 Å². The third-order valence-corrected chi connectivity index (χ3v) is 6.53. The number of fused-ring (bicyclic) bond motifs is 1. The van der Waals surface area contributed by atoms with Gasteiger partial charge in [0, 0.05) is 29.7 Å². The van der Waals surface area contributed by atoms with Crippen LogP contribution in [0.5, 0.6) is 0 Å². The van der Waals surface area contributed by atoms with Crippen molar-refractivity contribution in [3.8, 4) is 22.4 Å². The first-order valence-corrected chi connectivity index (χ1v) is 12.4. The van der Waals surface area contributed by atoms with Crippen LogP contribution in [0, 0.1) is 0 Å². The molecule has 5 rings (SSSR count). The number of rotatable bonds is 7. The average Bonchev–Trinajstić information content (AvgIpc) is 3.29. The maximum absolute atomic E-state index is 13.3. The summed E-state index contributed by atoms with van der Waals surface area (Å²) in [4.78, 5) is 17.5. The minimum Gasteiger partial charge on any atom is -0.352 e. The molecule has 0 bridgehead atoms. The number of aryl methyl sites for hydroxylation is 1. The van der Waals surface area contributed by atoms with Crippen molar-refractivity contribution < 1.29 is 18.0 Å². The van der Waals surface area contributed by atoms with Crippen LogP contribution in [0.15, 0.2) is 97.2 Å². The van der Waals surface area contributed by atoms with Crippen LogP contribution in [0.1, 0.15) is 23.2 Å². The first kappa shape index (κ1) is 25.5. The molecule has 38 heavy (non-hydrogen) atoms. The summed E-state index contributed by atoms with van der Waals surface area (Å²) in [5.74, 6) is -0.111. The summed E-state index contributed by atoms with van der Waals surface area (Å²) in [5.41, 5.74) is 4.28. The Balaban J connectivity index is 1.48. The molecule has 192 valence electrons. The fraction of sp³-hybridized carbons (Fsp3) is 0.133. The van der Waals surface area contributed by atoms with Gasteiger partial charge in [-0.1, -0.05) is 66.2 Å². The van der Waals surface area contributed by atoms with Crippen molar-refractivity contribution in [2.45, 2.75) is 25.6 Å². The predicted octanol–water partition coefficient (Wildman–Crippen LogP) is 7.59. The van der Waals surface area contributed by atoms with Crippen LogP contribution in [-0.2, 0) is 23.9 Å². The number of aromatic nitrogens is 2. The van der Waals surface area contributed by atoms with Gasteiger partial charge in [-0.05, 0) is 59.5 Å². The molecule has 2 heterocycles. The maximum atomic E-state index is 13.3. The van der Waals surface area contributed by atoms with E-state index in [0.717, 1.165) is 29.0 Å². The summed E-state index contributed by atoms with van der Waals surface area (Å²) in [6, 6.07) is 25.6. The Morgan fingerprint density at radius 1 is 0.868 bits per heavy atom. The van der Waals surface area contributed by atoms with Gasteiger partial charge < -0.3 is 9.72 Å². The highest BCUT2D eigenvalue weighted by molar-refractivity contribution is 6.30. The number of halogens is 4. The lowest BCUT2D eigenvalue weighted by Gasteiger charge is -2.10. The number of benzene rings is 3. The molecular formula is C30H23ClF3N3O. The van der Waals surface area contributed by atoms with E-state index in [1.54, 1.807) is 36.5 Å². The second-order valence-electron chi connectivity index (χ2n) is 8.90. The first-order valence-electron chi connectivity index (χ1n) is 12.0. The van der Waals surface area contributed by atoms with E-state index in [2.05, 4.69) is 5.32 Å². The summed E-state index contributed by atoms with van der Waals surface area (Å²) in [7, 11) is 0. The Kier molecular flexibility index (Phi) is 7.20. The molecule has 0 spiro atoms. The van der Waals surface area contributed by atoms with Crippen LogP contribution >= 0.6 is 11.6 Å². The van der Waals surface area contributed by atoms with Crippen molar-refractivity contribution >= 4 is 23.2 Å². The Labute approximate surface area is 222 Å². The van der Waals surface area contributed by atoms with Gasteiger partial charge in [0.15, 0.2) is 0 Å². The van der Waals surface area contributed by atoms with E-state index in [9.17, 15) is 18.0 Å². The summed E-state index contributed by atoms with van der Waals surface area (Å²) in [6.45, 7) is 0.427. The van der Waals surface area contributed by atoms with Crippen molar-refractivity contribution in [1.82, 2.24) is 14.7 Å². The number of hydrogen-bond donors (Lipinski definition) is 1. The third-order valence-electron chi connectivity index (χ3n) is 6.28. The van der Waals surface area contributed by atoms with E-state index in [1.807, 2.05) is 46.9 Å². The number of nitrogens with one attached hydrogen (secondary N) is 1. The molecule has 0 saturated heterocycles. The van der Waals surface area contributed by atoms with Crippen molar-refractivity contribution in [2.75, 3.05) is 0 Å². The molecule has 0 aliphatic carbocycles. The van der Waals surface area contributed by atoms with Crippen molar-refractivity contribution in [3.05, 3.63) is 119 Å². The molecule has 0 unspecified atom stereocenters. The van der Waals surface area contributed by atoms with E-state index < -0.39 is 11.7 Å². The monoisotopic (exact) mass is 533 g/mol. The van der Waals surface area contributed by atoms with Crippen LogP contribution < -0.4 is 5.32 Å². The van der Waals surface area contributed by atoms with Gasteiger partial charge in [0.2, 0.25) is 5.91 Å². The number of amides is 1. The van der Waals surface area contributed by atoms with Crippen LogP contribution in [0.25, 0.3) is 28.0 Å². The highest BCUT2D eigenvalue weighted by Crippen LogP contribution is 2.33. The topological polar surface area (TPSA) is 46.4 Å². The van der Waals surface area contributed by atoms with E-state index in [1.165, 1.54) is 6.07 Å². The number of pyridine rings is 1. The lowest BCUT2D eigenvalue weighted by Crippen LogP contribution is -2.23. The Morgan fingerprint density at radius 2 is 1.61 bits per heavy atom. The third kappa shape index (κ3) is 5.73. The molecule has 0 atom stereocenters. The number of alkyl halides is 3. The number of nitrogens with zero attached hydrogens (tertiary/aromatic N) is 2. The minimum atomic E-state index is -4.44. The molecule has 0 saturated carbocycles. The molecule has 5 aromatic rings.